The van der Waals surface area contributed by atoms with Gasteiger partial charge in [0.1, 0.15) is 5.82 Å². The van der Waals surface area contributed by atoms with Crippen molar-refractivity contribution in [3.8, 4) is 0 Å². The summed E-state index contributed by atoms with van der Waals surface area (Å²) in [5.41, 5.74) is 0.970. The van der Waals surface area contributed by atoms with Gasteiger partial charge in [0, 0.05) is 26.8 Å². The molecule has 1 nitrogen and oxygen atoms in total. The third-order valence-corrected chi connectivity index (χ3v) is 4.74. The summed E-state index contributed by atoms with van der Waals surface area (Å²) in [5.74, 6) is -0.187. The van der Waals surface area contributed by atoms with Gasteiger partial charge in [-0.05, 0) is 53.5 Å². The summed E-state index contributed by atoms with van der Waals surface area (Å²) >= 11 is 5.17. The van der Waals surface area contributed by atoms with Crippen LogP contribution in [0.3, 0.4) is 0 Å². The zero-order valence-corrected chi connectivity index (χ0v) is 12.7. The molecule has 1 N–H and O–H groups in total. The molecule has 1 aromatic carbocycles. The van der Waals surface area contributed by atoms with E-state index < -0.39 is 0 Å². The first kappa shape index (κ1) is 13.7. The van der Waals surface area contributed by atoms with Crippen LogP contribution >= 0.6 is 27.3 Å². The van der Waals surface area contributed by atoms with Crippen LogP contribution in [0.15, 0.2) is 40.2 Å². The molecule has 0 spiro atoms. The Kier molecular flexibility index (Phi) is 4.54. The fourth-order valence-electron chi connectivity index (χ4n) is 1.88. The van der Waals surface area contributed by atoms with Crippen molar-refractivity contribution in [1.29, 1.82) is 0 Å². The normalized spacial score (nSPS) is 14.4. The Bertz CT molecular complexity index is 526. The van der Waals surface area contributed by atoms with Gasteiger partial charge in [0.25, 0.3) is 0 Å². The Morgan fingerprint density at radius 3 is 2.61 bits per heavy atom. The van der Waals surface area contributed by atoms with Gasteiger partial charge in [-0.2, -0.15) is 0 Å². The predicted molar refractivity (Wildman–Crippen MR) is 78.4 cm³/mol. The van der Waals surface area contributed by atoms with Crippen LogP contribution in [-0.2, 0) is 0 Å². The highest BCUT2D eigenvalue weighted by Gasteiger charge is 2.13. The number of rotatable bonds is 4. The zero-order valence-electron chi connectivity index (χ0n) is 10.3. The van der Waals surface area contributed by atoms with E-state index in [-0.39, 0.29) is 17.9 Å². The smallest absolute Gasteiger partial charge is 0.123 e. The van der Waals surface area contributed by atoms with Crippen LogP contribution in [0.5, 0.6) is 0 Å². The van der Waals surface area contributed by atoms with E-state index >= 15 is 0 Å². The molecule has 1 heterocycles. The summed E-state index contributed by atoms with van der Waals surface area (Å²) in [5, 5.41) is 5.55. The van der Waals surface area contributed by atoms with Crippen molar-refractivity contribution >= 4 is 27.3 Å². The van der Waals surface area contributed by atoms with E-state index in [4.69, 9.17) is 0 Å². The average Bonchev–Trinajstić information content (AvgIpc) is 2.76. The average molecular weight is 328 g/mol. The summed E-state index contributed by atoms with van der Waals surface area (Å²) in [6.07, 6.45) is 0. The Morgan fingerprint density at radius 1 is 1.22 bits per heavy atom. The van der Waals surface area contributed by atoms with Crippen molar-refractivity contribution in [1.82, 2.24) is 5.32 Å². The molecule has 0 aliphatic heterocycles. The minimum Gasteiger partial charge on any atom is -0.303 e. The van der Waals surface area contributed by atoms with Gasteiger partial charge in [-0.15, -0.1) is 11.3 Å². The molecule has 4 heteroatoms. The van der Waals surface area contributed by atoms with Crippen molar-refractivity contribution in [3.05, 3.63) is 56.4 Å². The van der Waals surface area contributed by atoms with Crippen LogP contribution in [-0.4, -0.2) is 0 Å². The van der Waals surface area contributed by atoms with E-state index in [0.29, 0.717) is 0 Å². The van der Waals surface area contributed by atoms with E-state index in [0.717, 1.165) is 10.0 Å². The van der Waals surface area contributed by atoms with Crippen LogP contribution in [0.25, 0.3) is 0 Å². The molecule has 2 rings (SSSR count). The summed E-state index contributed by atoms with van der Waals surface area (Å²) < 4.78 is 14.3. The number of hydrogen-bond acceptors (Lipinski definition) is 2. The SMILES string of the molecule is CC(N[C@H](C)c1cccc(F)c1)c1cc(Br)cs1. The van der Waals surface area contributed by atoms with E-state index in [9.17, 15) is 4.39 Å². The molecule has 0 saturated heterocycles. The fraction of sp³-hybridized carbons (Fsp3) is 0.286. The van der Waals surface area contributed by atoms with Gasteiger partial charge in [-0.25, -0.2) is 4.39 Å². The van der Waals surface area contributed by atoms with Crippen LogP contribution in [0.1, 0.15) is 36.4 Å². The number of thiophene rings is 1. The van der Waals surface area contributed by atoms with Crippen molar-refractivity contribution in [2.24, 2.45) is 0 Å². The molecular formula is C14H15BrFNS. The minimum absolute atomic E-state index is 0.122. The van der Waals surface area contributed by atoms with Gasteiger partial charge in [0.15, 0.2) is 0 Å². The zero-order chi connectivity index (χ0) is 13.1. The molecule has 1 unspecified atom stereocenters. The quantitative estimate of drug-likeness (QED) is 0.827. The van der Waals surface area contributed by atoms with Gasteiger partial charge in [-0.1, -0.05) is 12.1 Å². The molecule has 96 valence electrons. The molecule has 1 aromatic heterocycles. The van der Waals surface area contributed by atoms with E-state index in [1.165, 1.54) is 10.9 Å². The Balaban J connectivity index is 2.05. The van der Waals surface area contributed by atoms with Crippen LogP contribution < -0.4 is 5.32 Å². The highest BCUT2D eigenvalue weighted by Crippen LogP contribution is 2.27. The number of nitrogens with one attached hydrogen (secondary N) is 1. The van der Waals surface area contributed by atoms with Gasteiger partial charge in [0.05, 0.1) is 0 Å². The first-order valence-electron chi connectivity index (χ1n) is 5.81. The molecule has 0 fully saturated rings. The molecule has 2 atom stereocenters. The van der Waals surface area contributed by atoms with Crippen molar-refractivity contribution in [2.75, 3.05) is 0 Å². The summed E-state index contributed by atoms with van der Waals surface area (Å²) in [4.78, 5) is 1.27. The molecule has 0 amide bonds. The topological polar surface area (TPSA) is 12.0 Å². The van der Waals surface area contributed by atoms with E-state index in [2.05, 4.69) is 39.6 Å². The first-order chi connectivity index (χ1) is 8.56. The Morgan fingerprint density at radius 2 is 2.00 bits per heavy atom. The van der Waals surface area contributed by atoms with Gasteiger partial charge in [-0.3, -0.25) is 0 Å². The summed E-state index contributed by atoms with van der Waals surface area (Å²) in [7, 11) is 0. The Labute approximate surface area is 119 Å². The summed E-state index contributed by atoms with van der Waals surface area (Å²) in [6.45, 7) is 4.17. The first-order valence-corrected chi connectivity index (χ1v) is 7.49. The second-order valence-electron chi connectivity index (χ2n) is 4.33. The largest absolute Gasteiger partial charge is 0.303 e. The maximum Gasteiger partial charge on any atom is 0.123 e. The Hall–Kier alpha value is -0.710. The lowest BCUT2D eigenvalue weighted by Gasteiger charge is -2.19. The van der Waals surface area contributed by atoms with Crippen molar-refractivity contribution in [3.63, 3.8) is 0 Å². The van der Waals surface area contributed by atoms with Crippen LogP contribution in [0, 0.1) is 5.82 Å². The molecule has 0 aliphatic carbocycles. The molecule has 0 radical (unpaired) electrons. The minimum atomic E-state index is -0.187. The summed E-state index contributed by atoms with van der Waals surface area (Å²) in [6, 6.07) is 9.22. The molecule has 0 aliphatic rings. The number of benzene rings is 1. The van der Waals surface area contributed by atoms with E-state index in [1.54, 1.807) is 23.5 Å². The molecule has 2 aromatic rings. The number of halogens is 2. The highest BCUT2D eigenvalue weighted by atomic mass is 79.9. The van der Waals surface area contributed by atoms with E-state index in [1.807, 2.05) is 13.0 Å². The van der Waals surface area contributed by atoms with Crippen molar-refractivity contribution < 1.29 is 4.39 Å². The molecule has 0 bridgehead atoms. The molecular weight excluding hydrogens is 313 g/mol. The van der Waals surface area contributed by atoms with Crippen molar-refractivity contribution in [2.45, 2.75) is 25.9 Å². The van der Waals surface area contributed by atoms with Gasteiger partial charge in [0.2, 0.25) is 0 Å². The lowest BCUT2D eigenvalue weighted by atomic mass is 10.1. The number of hydrogen-bond donors (Lipinski definition) is 1. The maximum atomic E-state index is 13.2. The predicted octanol–water partition coefficient (Wildman–Crippen LogP) is 5.06. The lowest BCUT2D eigenvalue weighted by molar-refractivity contribution is 0.497. The third kappa shape index (κ3) is 3.40. The monoisotopic (exact) mass is 327 g/mol. The second-order valence-corrected chi connectivity index (χ2v) is 6.19. The third-order valence-electron chi connectivity index (χ3n) is 2.86. The lowest BCUT2D eigenvalue weighted by Crippen LogP contribution is -2.21. The van der Waals surface area contributed by atoms with Crippen LogP contribution in [0.2, 0.25) is 0 Å². The molecule has 0 saturated carbocycles. The highest BCUT2D eigenvalue weighted by molar-refractivity contribution is 9.10. The maximum absolute atomic E-state index is 13.2. The standard InChI is InChI=1S/C14H15BrFNS/c1-9(11-4-3-5-13(16)6-11)17-10(2)14-7-12(15)8-18-14/h3-10,17H,1-2H3/t9-,10?/m1/s1. The van der Waals surface area contributed by atoms with Gasteiger partial charge >= 0.3 is 0 Å². The van der Waals surface area contributed by atoms with Crippen LogP contribution in [0.4, 0.5) is 4.39 Å². The molecule has 18 heavy (non-hydrogen) atoms. The van der Waals surface area contributed by atoms with Gasteiger partial charge < -0.3 is 5.32 Å². The fourth-order valence-corrected chi connectivity index (χ4v) is 3.35. The second kappa shape index (κ2) is 5.95.